The number of nitrogens with one attached hydrogen (secondary N) is 1. The number of sulfonamides is 1. The van der Waals surface area contributed by atoms with Gasteiger partial charge in [0, 0.05) is 25.7 Å². The van der Waals surface area contributed by atoms with E-state index in [0.29, 0.717) is 12.6 Å². The van der Waals surface area contributed by atoms with Gasteiger partial charge in [0.2, 0.25) is 10.0 Å². The minimum Gasteiger partial charge on any atom is -0.395 e. The lowest BCUT2D eigenvalue weighted by Gasteiger charge is -2.20. The molecule has 0 bridgehead atoms. The van der Waals surface area contributed by atoms with E-state index in [1.54, 1.807) is 24.3 Å². The Kier molecular flexibility index (Phi) is 7.27. The van der Waals surface area contributed by atoms with E-state index in [-0.39, 0.29) is 31.2 Å². The van der Waals surface area contributed by atoms with Crippen LogP contribution in [0, 0.1) is 0 Å². The van der Waals surface area contributed by atoms with E-state index in [1.807, 2.05) is 13.8 Å². The molecule has 1 aromatic rings. The van der Waals surface area contributed by atoms with E-state index >= 15 is 0 Å². The molecule has 0 saturated heterocycles. The van der Waals surface area contributed by atoms with Gasteiger partial charge in [-0.1, -0.05) is 26.0 Å². The van der Waals surface area contributed by atoms with Gasteiger partial charge >= 0.3 is 0 Å². The Hall–Kier alpha value is -0.990. The second-order valence-corrected chi connectivity index (χ2v) is 6.97. The van der Waals surface area contributed by atoms with E-state index in [9.17, 15) is 8.42 Å². The van der Waals surface area contributed by atoms with Gasteiger partial charge in [0.15, 0.2) is 0 Å². The molecule has 3 N–H and O–H groups in total. The third-order valence-electron chi connectivity index (χ3n) is 2.97. The maximum atomic E-state index is 12.4. The molecule has 1 rings (SSSR count). The molecule has 0 atom stereocenters. The molecule has 0 fully saturated rings. The zero-order chi connectivity index (χ0) is 15.9. The minimum atomic E-state index is -3.68. The van der Waals surface area contributed by atoms with E-state index in [2.05, 4.69) is 5.32 Å². The highest BCUT2D eigenvalue weighted by molar-refractivity contribution is 7.89. The molecule has 0 heterocycles. The molecule has 0 radical (unpaired) electrons. The standard InChI is InChI=1S/C14H24N2O4S/c1-12(2)15-11-13-3-5-14(6-4-13)21(19,20)16(7-9-17)8-10-18/h3-6,12,15,17-18H,7-11H2,1-2H3. The Labute approximate surface area is 126 Å². The lowest BCUT2D eigenvalue weighted by Crippen LogP contribution is -2.35. The maximum absolute atomic E-state index is 12.4. The number of aliphatic hydroxyl groups excluding tert-OH is 2. The molecule has 0 unspecified atom stereocenters. The van der Waals surface area contributed by atoms with Crippen LogP contribution in [-0.4, -0.2) is 55.3 Å². The SMILES string of the molecule is CC(C)NCc1ccc(S(=O)(=O)N(CCO)CCO)cc1. The predicted molar refractivity (Wildman–Crippen MR) is 81.3 cm³/mol. The topological polar surface area (TPSA) is 89.9 Å². The van der Waals surface area contributed by atoms with Crippen molar-refractivity contribution in [3.05, 3.63) is 29.8 Å². The summed E-state index contributed by atoms with van der Waals surface area (Å²) in [6, 6.07) is 6.98. The summed E-state index contributed by atoms with van der Waals surface area (Å²) in [4.78, 5) is 0.165. The first-order chi connectivity index (χ1) is 9.91. The second-order valence-electron chi connectivity index (χ2n) is 5.03. The first kappa shape index (κ1) is 18.1. The van der Waals surface area contributed by atoms with Crippen LogP contribution in [0.5, 0.6) is 0 Å². The van der Waals surface area contributed by atoms with Crippen molar-refractivity contribution in [3.63, 3.8) is 0 Å². The van der Waals surface area contributed by atoms with Crippen molar-refractivity contribution in [2.24, 2.45) is 0 Å². The predicted octanol–water partition coefficient (Wildman–Crippen LogP) is 0.160. The van der Waals surface area contributed by atoms with Crippen LogP contribution in [0.25, 0.3) is 0 Å². The molecular weight excluding hydrogens is 292 g/mol. The summed E-state index contributed by atoms with van der Waals surface area (Å²) in [6.07, 6.45) is 0. The number of hydrogen-bond donors (Lipinski definition) is 3. The molecule has 0 amide bonds. The summed E-state index contributed by atoms with van der Waals surface area (Å²) in [6.45, 7) is 4.14. The van der Waals surface area contributed by atoms with Crippen molar-refractivity contribution in [3.8, 4) is 0 Å². The van der Waals surface area contributed by atoms with Crippen LogP contribution in [0.3, 0.4) is 0 Å². The molecule has 6 nitrogen and oxygen atoms in total. The number of aliphatic hydroxyl groups is 2. The molecule has 0 aromatic heterocycles. The molecule has 21 heavy (non-hydrogen) atoms. The number of hydrogen-bond acceptors (Lipinski definition) is 5. The van der Waals surface area contributed by atoms with E-state index in [4.69, 9.17) is 10.2 Å². The normalized spacial score (nSPS) is 12.3. The van der Waals surface area contributed by atoms with Crippen LogP contribution in [-0.2, 0) is 16.6 Å². The van der Waals surface area contributed by atoms with Gasteiger partial charge in [-0.25, -0.2) is 8.42 Å². The van der Waals surface area contributed by atoms with Crippen molar-refractivity contribution < 1.29 is 18.6 Å². The fraction of sp³-hybridized carbons (Fsp3) is 0.571. The lowest BCUT2D eigenvalue weighted by molar-refractivity contribution is 0.217. The average molecular weight is 316 g/mol. The summed E-state index contributed by atoms with van der Waals surface area (Å²) in [5.74, 6) is 0. The third-order valence-corrected chi connectivity index (χ3v) is 4.89. The van der Waals surface area contributed by atoms with Gasteiger partial charge in [0.1, 0.15) is 0 Å². The molecule has 0 spiro atoms. The molecule has 0 saturated carbocycles. The zero-order valence-electron chi connectivity index (χ0n) is 12.5. The van der Waals surface area contributed by atoms with E-state index < -0.39 is 10.0 Å². The first-order valence-corrected chi connectivity index (χ1v) is 8.40. The Morgan fingerprint density at radius 3 is 2.05 bits per heavy atom. The zero-order valence-corrected chi connectivity index (χ0v) is 13.3. The Morgan fingerprint density at radius 2 is 1.62 bits per heavy atom. The van der Waals surface area contributed by atoms with Crippen molar-refractivity contribution in [2.45, 2.75) is 31.3 Å². The Bertz CT molecular complexity index is 508. The summed E-state index contributed by atoms with van der Waals surface area (Å²) in [7, 11) is -3.68. The van der Waals surface area contributed by atoms with Gasteiger partial charge in [0.25, 0.3) is 0 Å². The van der Waals surface area contributed by atoms with Gasteiger partial charge in [-0.2, -0.15) is 4.31 Å². The van der Waals surface area contributed by atoms with Crippen LogP contribution in [0.15, 0.2) is 29.2 Å². The molecule has 7 heteroatoms. The van der Waals surface area contributed by atoms with Gasteiger partial charge in [-0.3, -0.25) is 0 Å². The van der Waals surface area contributed by atoms with E-state index in [0.717, 1.165) is 9.87 Å². The molecule has 0 aliphatic carbocycles. The fourth-order valence-corrected chi connectivity index (χ4v) is 3.25. The van der Waals surface area contributed by atoms with Crippen LogP contribution in [0.2, 0.25) is 0 Å². The van der Waals surface area contributed by atoms with Crippen molar-refractivity contribution in [2.75, 3.05) is 26.3 Å². The number of nitrogens with zero attached hydrogens (tertiary/aromatic N) is 1. The highest BCUT2D eigenvalue weighted by Gasteiger charge is 2.23. The summed E-state index contributed by atoms with van der Waals surface area (Å²) in [5.41, 5.74) is 0.999. The van der Waals surface area contributed by atoms with E-state index in [1.165, 1.54) is 0 Å². The van der Waals surface area contributed by atoms with Crippen molar-refractivity contribution in [1.82, 2.24) is 9.62 Å². The van der Waals surface area contributed by atoms with Crippen LogP contribution < -0.4 is 5.32 Å². The third kappa shape index (κ3) is 5.37. The maximum Gasteiger partial charge on any atom is 0.243 e. The molecule has 1 aromatic carbocycles. The largest absolute Gasteiger partial charge is 0.395 e. The number of rotatable bonds is 9. The van der Waals surface area contributed by atoms with Crippen LogP contribution in [0.4, 0.5) is 0 Å². The van der Waals surface area contributed by atoms with Gasteiger partial charge in [-0.05, 0) is 17.7 Å². The van der Waals surface area contributed by atoms with Gasteiger partial charge in [0.05, 0.1) is 18.1 Å². The molecule has 120 valence electrons. The Balaban J connectivity index is 2.87. The van der Waals surface area contributed by atoms with Gasteiger partial charge < -0.3 is 15.5 Å². The summed E-state index contributed by atoms with van der Waals surface area (Å²) in [5, 5.41) is 21.1. The smallest absolute Gasteiger partial charge is 0.243 e. The lowest BCUT2D eigenvalue weighted by atomic mass is 10.2. The molecular formula is C14H24N2O4S. The van der Waals surface area contributed by atoms with Crippen LogP contribution >= 0.6 is 0 Å². The first-order valence-electron chi connectivity index (χ1n) is 6.96. The second kappa shape index (κ2) is 8.45. The van der Waals surface area contributed by atoms with Gasteiger partial charge in [-0.15, -0.1) is 0 Å². The minimum absolute atomic E-state index is 0.0282. The Morgan fingerprint density at radius 1 is 1.10 bits per heavy atom. The fourth-order valence-electron chi connectivity index (χ4n) is 1.83. The summed E-state index contributed by atoms with van der Waals surface area (Å²) >= 11 is 0. The summed E-state index contributed by atoms with van der Waals surface area (Å²) < 4.78 is 25.8. The van der Waals surface area contributed by atoms with Crippen molar-refractivity contribution >= 4 is 10.0 Å². The highest BCUT2D eigenvalue weighted by Crippen LogP contribution is 2.16. The molecule has 0 aliphatic heterocycles. The van der Waals surface area contributed by atoms with Crippen LogP contribution in [0.1, 0.15) is 19.4 Å². The quantitative estimate of drug-likeness (QED) is 0.604. The van der Waals surface area contributed by atoms with Crippen molar-refractivity contribution in [1.29, 1.82) is 0 Å². The average Bonchev–Trinajstić information content (AvgIpc) is 2.45. The number of benzene rings is 1. The highest BCUT2D eigenvalue weighted by atomic mass is 32.2. The molecule has 0 aliphatic rings. The monoisotopic (exact) mass is 316 g/mol.